The molecule has 0 aromatic heterocycles. The summed E-state index contributed by atoms with van der Waals surface area (Å²) in [5.41, 5.74) is 1.51. The number of hydrogen-bond acceptors (Lipinski definition) is 2. The number of fused-ring (bicyclic) bond motifs is 1. The number of hydrogen-bond donors (Lipinski definition) is 1. The van der Waals surface area contributed by atoms with Crippen molar-refractivity contribution in [2.24, 2.45) is 5.92 Å². The van der Waals surface area contributed by atoms with E-state index < -0.39 is 0 Å². The van der Waals surface area contributed by atoms with Crippen LogP contribution in [0.1, 0.15) is 12.0 Å². The summed E-state index contributed by atoms with van der Waals surface area (Å²) in [6.07, 6.45) is 1.29. The van der Waals surface area contributed by atoms with E-state index in [0.717, 1.165) is 22.8 Å². The third kappa shape index (κ3) is 3.02. The van der Waals surface area contributed by atoms with Gasteiger partial charge in [0.2, 0.25) is 5.91 Å². The van der Waals surface area contributed by atoms with Crippen molar-refractivity contribution in [3.8, 4) is 5.75 Å². The standard InChI is InChI=1S/C21H17Cl2NO2/c22-16-7-5-14(18(23)12-16)11-15-9-10-24(21(15)26)20-17-4-2-1-3-13(17)6-8-19(20)25/h1-8,12,15,25H,9-11H2. The Bertz CT molecular complexity index is 1000. The molecule has 3 aromatic rings. The fraction of sp³-hybridized carbons (Fsp3) is 0.190. The molecule has 26 heavy (non-hydrogen) atoms. The zero-order valence-electron chi connectivity index (χ0n) is 14.0. The van der Waals surface area contributed by atoms with Gasteiger partial charge >= 0.3 is 0 Å². The number of carbonyl (C=O) groups is 1. The predicted octanol–water partition coefficient (Wildman–Crippen LogP) is 5.45. The average Bonchev–Trinajstić information content (AvgIpc) is 2.98. The smallest absolute Gasteiger partial charge is 0.230 e. The molecule has 4 rings (SSSR count). The lowest BCUT2D eigenvalue weighted by Gasteiger charge is -2.20. The number of aromatic hydroxyl groups is 1. The summed E-state index contributed by atoms with van der Waals surface area (Å²) in [4.78, 5) is 14.7. The van der Waals surface area contributed by atoms with E-state index >= 15 is 0 Å². The summed E-state index contributed by atoms with van der Waals surface area (Å²) in [5.74, 6) is -0.0167. The highest BCUT2D eigenvalue weighted by molar-refractivity contribution is 6.35. The SMILES string of the molecule is O=C1C(Cc2ccc(Cl)cc2Cl)CCN1c1c(O)ccc2ccccc12. The van der Waals surface area contributed by atoms with Gasteiger partial charge in [-0.25, -0.2) is 0 Å². The zero-order chi connectivity index (χ0) is 18.3. The molecule has 5 heteroatoms. The number of anilines is 1. The molecular formula is C21H17Cl2NO2. The lowest BCUT2D eigenvalue weighted by Crippen LogP contribution is -2.28. The van der Waals surface area contributed by atoms with Crippen molar-refractivity contribution in [1.29, 1.82) is 0 Å². The van der Waals surface area contributed by atoms with E-state index in [2.05, 4.69) is 0 Å². The van der Waals surface area contributed by atoms with Crippen LogP contribution in [0.2, 0.25) is 10.0 Å². The Morgan fingerprint density at radius 3 is 2.69 bits per heavy atom. The second kappa shape index (κ2) is 6.82. The Morgan fingerprint density at radius 2 is 1.88 bits per heavy atom. The molecule has 1 saturated heterocycles. The highest BCUT2D eigenvalue weighted by Gasteiger charge is 2.34. The van der Waals surface area contributed by atoms with Crippen molar-refractivity contribution >= 4 is 45.6 Å². The largest absolute Gasteiger partial charge is 0.506 e. The number of rotatable bonds is 3. The van der Waals surface area contributed by atoms with Crippen LogP contribution in [0.5, 0.6) is 5.75 Å². The minimum absolute atomic E-state index is 0.0164. The van der Waals surface area contributed by atoms with Gasteiger partial charge < -0.3 is 10.0 Å². The van der Waals surface area contributed by atoms with Crippen molar-refractivity contribution in [2.45, 2.75) is 12.8 Å². The summed E-state index contributed by atoms with van der Waals surface area (Å²) in [5, 5.41) is 13.4. The van der Waals surface area contributed by atoms with Gasteiger partial charge in [0.05, 0.1) is 5.69 Å². The topological polar surface area (TPSA) is 40.5 Å². The van der Waals surface area contributed by atoms with Crippen LogP contribution < -0.4 is 4.90 Å². The number of phenols is 1. The molecule has 1 unspecified atom stereocenters. The van der Waals surface area contributed by atoms with Crippen molar-refractivity contribution < 1.29 is 9.90 Å². The monoisotopic (exact) mass is 385 g/mol. The van der Waals surface area contributed by atoms with E-state index in [1.807, 2.05) is 36.4 Å². The van der Waals surface area contributed by atoms with Gasteiger partial charge in [0.25, 0.3) is 0 Å². The minimum Gasteiger partial charge on any atom is -0.506 e. The molecule has 0 radical (unpaired) electrons. The molecule has 3 nitrogen and oxygen atoms in total. The molecule has 1 N–H and O–H groups in total. The Morgan fingerprint density at radius 1 is 1.08 bits per heavy atom. The summed E-state index contributed by atoms with van der Waals surface area (Å²) in [6.45, 7) is 0.580. The van der Waals surface area contributed by atoms with Gasteiger partial charge in [-0.05, 0) is 42.0 Å². The first kappa shape index (κ1) is 17.2. The van der Waals surface area contributed by atoms with E-state index in [4.69, 9.17) is 23.2 Å². The van der Waals surface area contributed by atoms with Gasteiger partial charge in [-0.15, -0.1) is 0 Å². The maximum Gasteiger partial charge on any atom is 0.230 e. The lowest BCUT2D eigenvalue weighted by atomic mass is 9.98. The van der Waals surface area contributed by atoms with Crippen LogP contribution in [0.15, 0.2) is 54.6 Å². The van der Waals surface area contributed by atoms with E-state index in [0.29, 0.717) is 28.7 Å². The predicted molar refractivity (Wildman–Crippen MR) is 106 cm³/mol. The molecule has 1 aliphatic heterocycles. The number of amides is 1. The van der Waals surface area contributed by atoms with Gasteiger partial charge in [0, 0.05) is 27.9 Å². The van der Waals surface area contributed by atoms with Gasteiger partial charge in [0.1, 0.15) is 5.75 Å². The van der Waals surface area contributed by atoms with Crippen LogP contribution in [-0.2, 0) is 11.2 Å². The molecule has 1 fully saturated rings. The van der Waals surface area contributed by atoms with Crippen molar-refractivity contribution in [3.05, 3.63) is 70.2 Å². The molecule has 1 heterocycles. The summed E-state index contributed by atoms with van der Waals surface area (Å²) >= 11 is 12.2. The average molecular weight is 386 g/mol. The number of carbonyl (C=O) groups excluding carboxylic acids is 1. The van der Waals surface area contributed by atoms with Crippen LogP contribution in [0.3, 0.4) is 0 Å². The van der Waals surface area contributed by atoms with Gasteiger partial charge in [-0.3, -0.25) is 4.79 Å². The third-order valence-electron chi connectivity index (χ3n) is 4.95. The quantitative estimate of drug-likeness (QED) is 0.651. The third-order valence-corrected chi connectivity index (χ3v) is 5.53. The Hall–Kier alpha value is -2.23. The Balaban J connectivity index is 1.65. The lowest BCUT2D eigenvalue weighted by molar-refractivity contribution is -0.120. The summed E-state index contributed by atoms with van der Waals surface area (Å²) < 4.78 is 0. The molecule has 0 spiro atoms. The molecule has 3 aromatic carbocycles. The highest BCUT2D eigenvalue weighted by atomic mass is 35.5. The molecule has 132 valence electrons. The zero-order valence-corrected chi connectivity index (χ0v) is 15.5. The summed E-state index contributed by atoms with van der Waals surface area (Å²) in [7, 11) is 0. The summed E-state index contributed by atoms with van der Waals surface area (Å²) in [6, 6.07) is 16.6. The first-order valence-electron chi connectivity index (χ1n) is 8.50. The van der Waals surface area contributed by atoms with Gasteiger partial charge in [-0.2, -0.15) is 0 Å². The number of benzene rings is 3. The van der Waals surface area contributed by atoms with Crippen molar-refractivity contribution in [1.82, 2.24) is 0 Å². The molecule has 1 aliphatic rings. The minimum atomic E-state index is -0.160. The van der Waals surface area contributed by atoms with Crippen LogP contribution in [-0.4, -0.2) is 17.6 Å². The maximum absolute atomic E-state index is 13.0. The Kier molecular flexibility index (Phi) is 4.51. The molecule has 0 aliphatic carbocycles. The fourth-order valence-electron chi connectivity index (χ4n) is 3.63. The molecule has 0 bridgehead atoms. The van der Waals surface area contributed by atoms with Crippen molar-refractivity contribution in [2.75, 3.05) is 11.4 Å². The fourth-order valence-corrected chi connectivity index (χ4v) is 4.12. The molecule has 0 saturated carbocycles. The number of halogens is 2. The van der Waals surface area contributed by atoms with E-state index in [-0.39, 0.29) is 17.6 Å². The normalized spacial score (nSPS) is 17.2. The van der Waals surface area contributed by atoms with Gasteiger partial charge in [-0.1, -0.05) is 59.6 Å². The molecular weight excluding hydrogens is 369 g/mol. The second-order valence-corrected chi connectivity index (χ2v) is 7.41. The van der Waals surface area contributed by atoms with Crippen LogP contribution in [0, 0.1) is 5.92 Å². The van der Waals surface area contributed by atoms with Crippen LogP contribution in [0.25, 0.3) is 10.8 Å². The van der Waals surface area contributed by atoms with E-state index in [9.17, 15) is 9.90 Å². The Labute approximate surface area is 161 Å². The maximum atomic E-state index is 13.0. The van der Waals surface area contributed by atoms with E-state index in [1.165, 1.54) is 0 Å². The number of nitrogens with zero attached hydrogens (tertiary/aromatic N) is 1. The second-order valence-electron chi connectivity index (χ2n) is 6.57. The van der Waals surface area contributed by atoms with Crippen LogP contribution >= 0.6 is 23.2 Å². The first-order chi connectivity index (χ1) is 12.5. The first-order valence-corrected chi connectivity index (χ1v) is 9.26. The van der Waals surface area contributed by atoms with Crippen LogP contribution in [0.4, 0.5) is 5.69 Å². The van der Waals surface area contributed by atoms with Gasteiger partial charge in [0.15, 0.2) is 0 Å². The highest BCUT2D eigenvalue weighted by Crippen LogP contribution is 2.39. The number of phenolic OH excluding ortho intramolecular Hbond substituents is 1. The molecule has 1 atom stereocenters. The molecule has 1 amide bonds. The van der Waals surface area contributed by atoms with Crippen molar-refractivity contribution in [3.63, 3.8) is 0 Å². The van der Waals surface area contributed by atoms with E-state index in [1.54, 1.807) is 23.1 Å².